The maximum atomic E-state index is 14.0. The van der Waals surface area contributed by atoms with E-state index in [0.29, 0.717) is 17.8 Å². The average Bonchev–Trinajstić information content (AvgIpc) is 3.25. The van der Waals surface area contributed by atoms with Gasteiger partial charge in [-0.3, -0.25) is 9.80 Å². The molecule has 0 N–H and O–H groups in total. The summed E-state index contributed by atoms with van der Waals surface area (Å²) in [5.41, 5.74) is 2.21. The van der Waals surface area contributed by atoms with Crippen LogP contribution in [0.1, 0.15) is 12.7 Å². The third kappa shape index (κ3) is 5.64. The van der Waals surface area contributed by atoms with Gasteiger partial charge in [0, 0.05) is 61.6 Å². The second-order valence-corrected chi connectivity index (χ2v) is 8.27. The minimum absolute atomic E-state index is 0.286. The lowest BCUT2D eigenvalue weighted by atomic mass is 10.1. The summed E-state index contributed by atoms with van der Waals surface area (Å²) in [6.07, 6.45) is 0. The van der Waals surface area contributed by atoms with Gasteiger partial charge in [-0.25, -0.2) is 4.39 Å². The lowest BCUT2D eigenvalue weighted by Gasteiger charge is -2.37. The Bertz CT molecular complexity index is 987. The van der Waals surface area contributed by atoms with E-state index >= 15 is 0 Å². The van der Waals surface area contributed by atoms with Crippen LogP contribution in [0.2, 0.25) is 5.02 Å². The second-order valence-electron chi connectivity index (χ2n) is 7.84. The summed E-state index contributed by atoms with van der Waals surface area (Å²) in [6.45, 7) is 9.74. The Hall–Kier alpha value is -2.41. The number of aromatic nitrogens is 1. The average molecular weight is 443 g/mol. The van der Waals surface area contributed by atoms with Gasteiger partial charge in [-0.05, 0) is 36.9 Å². The fourth-order valence-corrected chi connectivity index (χ4v) is 4.12. The number of hydrogen-bond acceptors (Lipinski definition) is 5. The van der Waals surface area contributed by atoms with Gasteiger partial charge in [0.05, 0.1) is 6.54 Å². The van der Waals surface area contributed by atoms with E-state index in [9.17, 15) is 4.39 Å². The molecular weight excluding hydrogens is 415 g/mol. The summed E-state index contributed by atoms with van der Waals surface area (Å²) in [5.74, 6) is 0.470. The van der Waals surface area contributed by atoms with Crippen molar-refractivity contribution in [3.63, 3.8) is 0 Å². The first-order valence-corrected chi connectivity index (χ1v) is 11.2. The zero-order valence-corrected chi connectivity index (χ0v) is 18.6. The smallest absolute Gasteiger partial charge is 0.151 e. The Morgan fingerprint density at radius 1 is 1.06 bits per heavy atom. The van der Waals surface area contributed by atoms with Gasteiger partial charge in [-0.1, -0.05) is 41.9 Å². The molecule has 164 valence electrons. The van der Waals surface area contributed by atoms with Crippen molar-refractivity contribution in [2.75, 3.05) is 50.7 Å². The van der Waals surface area contributed by atoms with Gasteiger partial charge < -0.3 is 9.42 Å². The van der Waals surface area contributed by atoms with Gasteiger partial charge >= 0.3 is 0 Å². The molecule has 0 spiro atoms. The first-order chi connectivity index (χ1) is 15.1. The molecule has 31 heavy (non-hydrogen) atoms. The van der Waals surface area contributed by atoms with Crippen LogP contribution in [0.25, 0.3) is 11.3 Å². The maximum absolute atomic E-state index is 14.0. The molecule has 2 aromatic carbocycles. The topological polar surface area (TPSA) is 35.8 Å². The molecule has 0 aliphatic carbocycles. The van der Waals surface area contributed by atoms with Crippen molar-refractivity contribution < 1.29 is 8.91 Å². The molecule has 4 rings (SSSR count). The third-order valence-corrected chi connectivity index (χ3v) is 6.05. The highest BCUT2D eigenvalue weighted by molar-refractivity contribution is 6.30. The fraction of sp³-hybridized carbons (Fsp3) is 0.375. The van der Waals surface area contributed by atoms with Gasteiger partial charge in [-0.15, -0.1) is 0 Å². The molecule has 0 bridgehead atoms. The fourth-order valence-electron chi connectivity index (χ4n) is 3.94. The van der Waals surface area contributed by atoms with E-state index in [1.165, 1.54) is 11.8 Å². The molecule has 0 unspecified atom stereocenters. The standard InChI is InChI=1S/C24H28ClFN4O/c1-2-28(18-21-17-24(27-31-21)22-8-3-4-9-23(22)26)10-11-29-12-14-30(15-13-29)20-7-5-6-19(25)16-20/h3-9,16-17H,2,10-15,18H2,1H3. The number of nitrogens with zero attached hydrogens (tertiary/aromatic N) is 4. The van der Waals surface area contributed by atoms with E-state index in [1.54, 1.807) is 18.2 Å². The molecule has 2 heterocycles. The SMILES string of the molecule is CCN(CCN1CCN(c2cccc(Cl)c2)CC1)Cc1cc(-c2ccccc2F)no1. The molecule has 0 radical (unpaired) electrons. The van der Waals surface area contributed by atoms with Crippen molar-refractivity contribution >= 4 is 17.3 Å². The third-order valence-electron chi connectivity index (χ3n) is 5.81. The summed E-state index contributed by atoms with van der Waals surface area (Å²) >= 11 is 6.13. The van der Waals surface area contributed by atoms with Gasteiger partial charge in [0.25, 0.3) is 0 Å². The first kappa shape index (κ1) is 21.8. The van der Waals surface area contributed by atoms with E-state index in [1.807, 2.05) is 24.3 Å². The van der Waals surface area contributed by atoms with Crippen LogP contribution in [0.4, 0.5) is 10.1 Å². The molecule has 1 aliphatic rings. The van der Waals surface area contributed by atoms with Gasteiger partial charge in [-0.2, -0.15) is 0 Å². The van der Waals surface area contributed by atoms with Crippen LogP contribution in [0.3, 0.4) is 0 Å². The zero-order valence-electron chi connectivity index (χ0n) is 17.8. The molecule has 0 atom stereocenters. The van der Waals surface area contributed by atoms with Crippen LogP contribution >= 0.6 is 11.6 Å². The van der Waals surface area contributed by atoms with E-state index in [0.717, 1.165) is 56.6 Å². The predicted octanol–water partition coefficient (Wildman–Crippen LogP) is 4.78. The van der Waals surface area contributed by atoms with Gasteiger partial charge in [0.2, 0.25) is 0 Å². The van der Waals surface area contributed by atoms with Crippen LogP contribution in [0, 0.1) is 5.82 Å². The van der Waals surface area contributed by atoms with Crippen molar-refractivity contribution in [1.29, 1.82) is 0 Å². The van der Waals surface area contributed by atoms with E-state index in [4.69, 9.17) is 16.1 Å². The van der Waals surface area contributed by atoms with Crippen LogP contribution in [-0.4, -0.2) is 60.8 Å². The zero-order chi connectivity index (χ0) is 21.6. The molecule has 0 amide bonds. The Labute approximate surface area is 188 Å². The van der Waals surface area contributed by atoms with Crippen LogP contribution in [-0.2, 0) is 6.54 Å². The molecule has 1 aliphatic heterocycles. The summed E-state index contributed by atoms with van der Waals surface area (Å²) < 4.78 is 19.5. The minimum Gasteiger partial charge on any atom is -0.369 e. The normalized spacial score (nSPS) is 15.0. The van der Waals surface area contributed by atoms with Crippen LogP contribution in [0.15, 0.2) is 59.1 Å². The first-order valence-electron chi connectivity index (χ1n) is 10.8. The summed E-state index contributed by atoms with van der Waals surface area (Å²) in [7, 11) is 0. The van der Waals surface area contributed by atoms with Crippen molar-refractivity contribution in [2.45, 2.75) is 13.5 Å². The van der Waals surface area contributed by atoms with Gasteiger partial charge in [0.15, 0.2) is 5.76 Å². The van der Waals surface area contributed by atoms with Gasteiger partial charge in [0.1, 0.15) is 11.5 Å². The Kier molecular flexibility index (Phi) is 7.22. The summed E-state index contributed by atoms with van der Waals surface area (Å²) in [6, 6.07) is 16.5. The van der Waals surface area contributed by atoms with Crippen molar-refractivity contribution in [3.8, 4) is 11.3 Å². The van der Waals surface area contributed by atoms with Crippen LogP contribution in [0.5, 0.6) is 0 Å². The number of halogens is 2. The molecule has 5 nitrogen and oxygen atoms in total. The number of anilines is 1. The van der Waals surface area contributed by atoms with Crippen molar-refractivity contribution in [3.05, 3.63) is 71.2 Å². The highest BCUT2D eigenvalue weighted by atomic mass is 35.5. The Morgan fingerprint density at radius 2 is 1.87 bits per heavy atom. The van der Waals surface area contributed by atoms with E-state index in [2.05, 4.69) is 32.8 Å². The molecule has 7 heteroatoms. The lowest BCUT2D eigenvalue weighted by molar-refractivity contribution is 0.185. The Morgan fingerprint density at radius 3 is 2.61 bits per heavy atom. The maximum Gasteiger partial charge on any atom is 0.151 e. The van der Waals surface area contributed by atoms with Crippen LogP contribution < -0.4 is 4.90 Å². The second kappa shape index (κ2) is 10.3. The molecule has 1 aromatic heterocycles. The number of likely N-dealkylation sites (N-methyl/N-ethyl adjacent to an activating group) is 1. The molecule has 1 saturated heterocycles. The lowest BCUT2D eigenvalue weighted by Crippen LogP contribution is -2.48. The summed E-state index contributed by atoms with van der Waals surface area (Å²) in [5, 5.41) is 4.84. The minimum atomic E-state index is -0.286. The number of hydrogen-bond donors (Lipinski definition) is 0. The quantitative estimate of drug-likeness (QED) is 0.501. The largest absolute Gasteiger partial charge is 0.369 e. The number of piperazine rings is 1. The summed E-state index contributed by atoms with van der Waals surface area (Å²) in [4.78, 5) is 7.21. The monoisotopic (exact) mass is 442 g/mol. The molecular formula is C24H28ClFN4O. The predicted molar refractivity (Wildman–Crippen MR) is 123 cm³/mol. The molecule has 3 aromatic rings. The Balaban J connectivity index is 1.26. The number of rotatable bonds is 8. The number of benzene rings is 2. The van der Waals surface area contributed by atoms with E-state index < -0.39 is 0 Å². The van der Waals surface area contributed by atoms with Crippen molar-refractivity contribution in [2.24, 2.45) is 0 Å². The molecule has 1 fully saturated rings. The highest BCUT2D eigenvalue weighted by Crippen LogP contribution is 2.23. The highest BCUT2D eigenvalue weighted by Gasteiger charge is 2.19. The molecule has 0 saturated carbocycles. The van der Waals surface area contributed by atoms with Crippen molar-refractivity contribution in [1.82, 2.24) is 15.0 Å². The van der Waals surface area contributed by atoms with E-state index in [-0.39, 0.29) is 5.82 Å².